The third kappa shape index (κ3) is 2.81. The average molecular weight is 369 g/mol. The van der Waals surface area contributed by atoms with Crippen LogP contribution in [0.3, 0.4) is 0 Å². The van der Waals surface area contributed by atoms with Crippen LogP contribution in [0.15, 0.2) is 0 Å². The van der Waals surface area contributed by atoms with E-state index >= 15 is 0 Å². The van der Waals surface area contributed by atoms with Gasteiger partial charge in [-0.1, -0.05) is 32.6 Å². The Morgan fingerprint density at radius 1 is 0.630 bits per heavy atom. The number of hydrogen-bond acceptors (Lipinski definition) is 0. The second-order valence-electron chi connectivity index (χ2n) is 12.7. The summed E-state index contributed by atoms with van der Waals surface area (Å²) in [6.45, 7) is 2.55. The molecule has 6 bridgehead atoms. The molecule has 0 saturated heterocycles. The lowest BCUT2D eigenvalue weighted by atomic mass is 9.61. The molecule has 6 saturated carbocycles. The highest BCUT2D eigenvalue weighted by molar-refractivity contribution is 5.05. The summed E-state index contributed by atoms with van der Waals surface area (Å²) in [5.41, 5.74) is 1.58. The van der Waals surface area contributed by atoms with Crippen LogP contribution < -0.4 is 0 Å². The van der Waals surface area contributed by atoms with E-state index in [4.69, 9.17) is 0 Å². The third-order valence-electron chi connectivity index (χ3n) is 11.9. The number of fused-ring (bicyclic) bond motifs is 6. The summed E-state index contributed by atoms with van der Waals surface area (Å²) in [5.74, 6) is 7.95. The first-order chi connectivity index (χ1) is 13.2. The fourth-order valence-electron chi connectivity index (χ4n) is 10.5. The van der Waals surface area contributed by atoms with Crippen molar-refractivity contribution in [1.82, 2.24) is 0 Å². The Balaban J connectivity index is 1.15. The van der Waals surface area contributed by atoms with Gasteiger partial charge in [0.05, 0.1) is 0 Å². The molecule has 6 rings (SSSR count). The van der Waals surface area contributed by atoms with Gasteiger partial charge in [0.2, 0.25) is 0 Å². The Labute approximate surface area is 168 Å². The van der Waals surface area contributed by atoms with Crippen LogP contribution in [0.25, 0.3) is 0 Å². The van der Waals surface area contributed by atoms with Crippen LogP contribution in [0.2, 0.25) is 0 Å². The smallest absolute Gasteiger partial charge is 0.0266 e. The zero-order chi connectivity index (χ0) is 18.1. The summed E-state index contributed by atoms with van der Waals surface area (Å²) in [4.78, 5) is 0. The van der Waals surface area contributed by atoms with Gasteiger partial charge in [0, 0.05) is 0 Å². The second kappa shape index (κ2) is 6.50. The molecule has 0 nitrogen and oxygen atoms in total. The van der Waals surface area contributed by atoms with E-state index in [1.165, 1.54) is 6.42 Å². The van der Waals surface area contributed by atoms with Crippen molar-refractivity contribution in [3.8, 4) is 0 Å². The van der Waals surface area contributed by atoms with E-state index in [0.717, 1.165) is 52.3 Å². The molecule has 0 radical (unpaired) electrons. The molecule has 0 spiro atoms. The fourth-order valence-corrected chi connectivity index (χ4v) is 10.5. The topological polar surface area (TPSA) is 0 Å². The molecule has 6 aliphatic carbocycles. The fraction of sp³-hybridized carbons (Fsp3) is 1.00. The summed E-state index contributed by atoms with van der Waals surface area (Å²) in [7, 11) is 0. The molecule has 0 heterocycles. The third-order valence-corrected chi connectivity index (χ3v) is 11.9. The zero-order valence-corrected chi connectivity index (χ0v) is 18.1. The lowest BCUT2D eigenvalue weighted by Crippen LogP contribution is -2.34. The van der Waals surface area contributed by atoms with E-state index in [2.05, 4.69) is 6.92 Å². The first kappa shape index (κ1) is 17.8. The standard InChI is InChI=1S/C27H44/c1-2-26(17-20-4-7-24(26)15-20)11-12-27(18-21-5-8-25(27)16-21)10-9-23-14-19-3-6-22(23)13-19/h19-25H,2-18H2,1H3. The van der Waals surface area contributed by atoms with Gasteiger partial charge in [0.15, 0.2) is 0 Å². The first-order valence-electron chi connectivity index (χ1n) is 13.2. The van der Waals surface area contributed by atoms with Crippen LogP contribution >= 0.6 is 0 Å². The number of rotatable bonds is 7. The lowest BCUT2D eigenvalue weighted by Gasteiger charge is -2.44. The van der Waals surface area contributed by atoms with Crippen LogP contribution in [0.1, 0.15) is 116 Å². The Morgan fingerprint density at radius 2 is 1.30 bits per heavy atom. The molecule has 0 heteroatoms. The SMILES string of the molecule is CCC1(CCC2(CCC3CC4CCC3C4)CC3CCC2C3)CC2CCC1C2. The van der Waals surface area contributed by atoms with Crippen LogP contribution in [-0.4, -0.2) is 0 Å². The maximum atomic E-state index is 2.55. The van der Waals surface area contributed by atoms with Gasteiger partial charge in [0.1, 0.15) is 0 Å². The van der Waals surface area contributed by atoms with Crippen molar-refractivity contribution in [2.45, 2.75) is 116 Å². The lowest BCUT2D eigenvalue weighted by molar-refractivity contribution is 0.0614. The molecule has 6 aliphatic rings. The molecule has 0 aromatic heterocycles. The Kier molecular flexibility index (Phi) is 4.29. The quantitative estimate of drug-likeness (QED) is 0.427. The van der Waals surface area contributed by atoms with Gasteiger partial charge < -0.3 is 0 Å². The predicted molar refractivity (Wildman–Crippen MR) is 113 cm³/mol. The van der Waals surface area contributed by atoms with Crippen LogP contribution in [0.5, 0.6) is 0 Å². The molecule has 9 atom stereocenters. The van der Waals surface area contributed by atoms with Crippen LogP contribution in [-0.2, 0) is 0 Å². The highest BCUT2D eigenvalue weighted by Gasteiger charge is 2.54. The normalized spacial score (nSPS) is 55.2. The molecule has 152 valence electrons. The summed E-state index contributed by atoms with van der Waals surface area (Å²) >= 11 is 0. The minimum atomic E-state index is 0.782. The van der Waals surface area contributed by atoms with E-state index in [1.54, 1.807) is 103 Å². The van der Waals surface area contributed by atoms with Gasteiger partial charge in [-0.3, -0.25) is 0 Å². The monoisotopic (exact) mass is 368 g/mol. The highest BCUT2D eigenvalue weighted by Crippen LogP contribution is 2.65. The summed E-state index contributed by atoms with van der Waals surface area (Å²) in [5, 5.41) is 0. The molecule has 27 heavy (non-hydrogen) atoms. The molecule has 6 fully saturated rings. The predicted octanol–water partition coefficient (Wildman–Crippen LogP) is 8.01. The van der Waals surface area contributed by atoms with Crippen molar-refractivity contribution in [2.24, 2.45) is 52.3 Å². The zero-order valence-electron chi connectivity index (χ0n) is 18.1. The molecule has 0 aromatic carbocycles. The van der Waals surface area contributed by atoms with E-state index in [0.29, 0.717) is 0 Å². The van der Waals surface area contributed by atoms with Crippen molar-refractivity contribution in [3.63, 3.8) is 0 Å². The Bertz CT molecular complexity index is 564. The molecule has 9 unspecified atom stereocenters. The molecule has 0 aromatic rings. The van der Waals surface area contributed by atoms with Crippen molar-refractivity contribution in [3.05, 3.63) is 0 Å². The van der Waals surface area contributed by atoms with Gasteiger partial charge in [-0.15, -0.1) is 0 Å². The van der Waals surface area contributed by atoms with Gasteiger partial charge in [-0.2, -0.15) is 0 Å². The largest absolute Gasteiger partial charge is 0.0648 e. The highest BCUT2D eigenvalue weighted by atomic mass is 14.6. The van der Waals surface area contributed by atoms with Crippen LogP contribution in [0.4, 0.5) is 0 Å². The molecule has 0 aliphatic heterocycles. The van der Waals surface area contributed by atoms with E-state index in [-0.39, 0.29) is 0 Å². The van der Waals surface area contributed by atoms with E-state index in [9.17, 15) is 0 Å². The second-order valence-corrected chi connectivity index (χ2v) is 12.7. The number of hydrogen-bond donors (Lipinski definition) is 0. The van der Waals surface area contributed by atoms with Crippen LogP contribution in [0, 0.1) is 52.3 Å². The molecule has 0 N–H and O–H groups in total. The van der Waals surface area contributed by atoms with E-state index in [1.807, 2.05) is 0 Å². The Morgan fingerprint density at radius 3 is 1.81 bits per heavy atom. The minimum Gasteiger partial charge on any atom is -0.0648 e. The summed E-state index contributed by atoms with van der Waals surface area (Å²) in [6, 6.07) is 0. The van der Waals surface area contributed by atoms with Gasteiger partial charge >= 0.3 is 0 Å². The summed E-state index contributed by atoms with van der Waals surface area (Å²) in [6.07, 6.45) is 27.3. The molecule has 0 amide bonds. The average Bonchev–Trinajstić information content (AvgIpc) is 3.50. The minimum absolute atomic E-state index is 0.782. The van der Waals surface area contributed by atoms with Crippen molar-refractivity contribution >= 4 is 0 Å². The van der Waals surface area contributed by atoms with E-state index < -0.39 is 0 Å². The maximum Gasteiger partial charge on any atom is -0.0266 e. The van der Waals surface area contributed by atoms with Crippen molar-refractivity contribution < 1.29 is 0 Å². The maximum absolute atomic E-state index is 2.55. The van der Waals surface area contributed by atoms with Gasteiger partial charge in [0.25, 0.3) is 0 Å². The summed E-state index contributed by atoms with van der Waals surface area (Å²) < 4.78 is 0. The Hall–Kier alpha value is 0. The van der Waals surface area contributed by atoms with Gasteiger partial charge in [-0.05, 0) is 136 Å². The van der Waals surface area contributed by atoms with Crippen molar-refractivity contribution in [2.75, 3.05) is 0 Å². The first-order valence-corrected chi connectivity index (χ1v) is 13.2. The molecular formula is C27H44. The van der Waals surface area contributed by atoms with Gasteiger partial charge in [-0.25, -0.2) is 0 Å². The molecular weight excluding hydrogens is 324 g/mol. The van der Waals surface area contributed by atoms with Crippen molar-refractivity contribution in [1.29, 1.82) is 0 Å².